The first-order valence-electron chi connectivity index (χ1n) is 3.81. The molecule has 0 aliphatic rings. The Balaban J connectivity index is 3.09. The quantitative estimate of drug-likeness (QED) is 0.353. The Bertz CT molecular complexity index is 108. The van der Waals surface area contributed by atoms with Gasteiger partial charge in [0.15, 0.2) is 0 Å². The lowest BCUT2D eigenvalue weighted by atomic mass is 10.4. The Labute approximate surface area is 77.9 Å². The number of rotatable bonds is 8. The van der Waals surface area contributed by atoms with E-state index in [1.165, 1.54) is 0 Å². The summed E-state index contributed by atoms with van der Waals surface area (Å²) >= 11 is 5.36. The molecule has 1 atom stereocenters. The molecule has 0 saturated heterocycles. The molecule has 0 heterocycles. The van der Waals surface area contributed by atoms with Gasteiger partial charge in [0.1, 0.15) is 6.10 Å². The van der Waals surface area contributed by atoms with Crippen LogP contribution in [0.25, 0.3) is 0 Å². The van der Waals surface area contributed by atoms with Crippen LogP contribution < -0.4 is 0 Å². The van der Waals surface area contributed by atoms with E-state index in [1.54, 1.807) is 6.08 Å². The zero-order valence-corrected chi connectivity index (χ0v) is 7.79. The van der Waals surface area contributed by atoms with Crippen molar-refractivity contribution in [2.45, 2.75) is 6.10 Å². The molecule has 0 aromatic carbocycles. The Morgan fingerprint density at radius 1 is 1.42 bits per heavy atom. The summed E-state index contributed by atoms with van der Waals surface area (Å²) in [5.41, 5.74) is 0. The highest BCUT2D eigenvalue weighted by atomic mass is 35.5. The van der Waals surface area contributed by atoms with E-state index in [4.69, 9.17) is 21.1 Å². The van der Waals surface area contributed by atoms with Crippen LogP contribution in [-0.2, 0) is 9.47 Å². The average Bonchev–Trinajstić information content (AvgIpc) is 2.06. The van der Waals surface area contributed by atoms with Gasteiger partial charge < -0.3 is 14.6 Å². The lowest BCUT2D eigenvalue weighted by molar-refractivity contribution is -0.00945. The molecule has 72 valence electrons. The topological polar surface area (TPSA) is 38.7 Å². The molecule has 0 aromatic heterocycles. The van der Waals surface area contributed by atoms with Crippen LogP contribution >= 0.6 is 11.6 Å². The van der Waals surface area contributed by atoms with E-state index in [9.17, 15) is 5.11 Å². The molecule has 0 bridgehead atoms. The Kier molecular flexibility index (Phi) is 8.93. The lowest BCUT2D eigenvalue weighted by Crippen LogP contribution is -2.22. The molecular formula is C8H15ClO3. The van der Waals surface area contributed by atoms with Crippen LogP contribution in [0, 0.1) is 0 Å². The second kappa shape index (κ2) is 9.00. The fraction of sp³-hybridized carbons (Fsp3) is 0.750. The SMILES string of the molecule is C=CCOCC(O)COCCCl. The molecule has 1 unspecified atom stereocenters. The highest BCUT2D eigenvalue weighted by Gasteiger charge is 2.02. The van der Waals surface area contributed by atoms with Crippen LogP contribution in [0.15, 0.2) is 12.7 Å². The summed E-state index contributed by atoms with van der Waals surface area (Å²) in [7, 11) is 0. The van der Waals surface area contributed by atoms with Gasteiger partial charge in [-0.2, -0.15) is 0 Å². The summed E-state index contributed by atoms with van der Waals surface area (Å²) in [5.74, 6) is 0.445. The highest BCUT2D eigenvalue weighted by Crippen LogP contribution is 1.88. The van der Waals surface area contributed by atoms with Gasteiger partial charge in [0, 0.05) is 5.88 Å². The van der Waals surface area contributed by atoms with Gasteiger partial charge >= 0.3 is 0 Å². The van der Waals surface area contributed by atoms with Gasteiger partial charge in [0.2, 0.25) is 0 Å². The monoisotopic (exact) mass is 194 g/mol. The number of aliphatic hydroxyl groups is 1. The smallest absolute Gasteiger partial charge is 0.101 e. The van der Waals surface area contributed by atoms with Crippen LogP contribution in [0.5, 0.6) is 0 Å². The Morgan fingerprint density at radius 2 is 2.08 bits per heavy atom. The summed E-state index contributed by atoms with van der Waals surface area (Å²) in [4.78, 5) is 0. The van der Waals surface area contributed by atoms with Gasteiger partial charge in [-0.1, -0.05) is 6.08 Å². The second-order valence-electron chi connectivity index (χ2n) is 2.24. The predicted molar refractivity (Wildman–Crippen MR) is 48.6 cm³/mol. The summed E-state index contributed by atoms with van der Waals surface area (Å²) < 4.78 is 9.98. The van der Waals surface area contributed by atoms with Crippen molar-refractivity contribution in [3.63, 3.8) is 0 Å². The maximum Gasteiger partial charge on any atom is 0.101 e. The molecule has 0 spiro atoms. The third-order valence-corrected chi connectivity index (χ3v) is 1.23. The minimum atomic E-state index is -0.576. The lowest BCUT2D eigenvalue weighted by Gasteiger charge is -2.09. The van der Waals surface area contributed by atoms with Gasteiger partial charge in [0.05, 0.1) is 26.4 Å². The minimum absolute atomic E-state index is 0.268. The van der Waals surface area contributed by atoms with Crippen LogP contribution in [0.1, 0.15) is 0 Å². The largest absolute Gasteiger partial charge is 0.388 e. The van der Waals surface area contributed by atoms with Gasteiger partial charge in [-0.25, -0.2) is 0 Å². The second-order valence-corrected chi connectivity index (χ2v) is 2.62. The van der Waals surface area contributed by atoms with Crippen molar-refractivity contribution in [1.29, 1.82) is 0 Å². The van der Waals surface area contributed by atoms with Gasteiger partial charge in [-0.15, -0.1) is 18.2 Å². The number of halogens is 1. The van der Waals surface area contributed by atoms with Gasteiger partial charge in [-0.05, 0) is 0 Å². The van der Waals surface area contributed by atoms with E-state index >= 15 is 0 Å². The van der Waals surface area contributed by atoms with Gasteiger partial charge in [-0.3, -0.25) is 0 Å². The highest BCUT2D eigenvalue weighted by molar-refractivity contribution is 6.17. The summed E-state index contributed by atoms with van der Waals surface area (Å²) in [6, 6.07) is 0. The van der Waals surface area contributed by atoms with E-state index in [2.05, 4.69) is 6.58 Å². The van der Waals surface area contributed by atoms with Crippen LogP contribution in [0.2, 0.25) is 0 Å². The zero-order valence-electron chi connectivity index (χ0n) is 7.04. The van der Waals surface area contributed by atoms with E-state index in [0.717, 1.165) is 0 Å². The van der Waals surface area contributed by atoms with Crippen molar-refractivity contribution in [3.8, 4) is 0 Å². The summed E-state index contributed by atoms with van der Waals surface area (Å²) in [5, 5.41) is 9.18. The molecule has 0 fully saturated rings. The number of ether oxygens (including phenoxy) is 2. The maximum atomic E-state index is 9.18. The molecule has 0 amide bonds. The standard InChI is InChI=1S/C8H15ClO3/c1-2-4-11-6-8(10)7-12-5-3-9/h2,8,10H,1,3-7H2. The first kappa shape index (κ1) is 11.9. The molecular weight excluding hydrogens is 180 g/mol. The first-order valence-corrected chi connectivity index (χ1v) is 4.35. The predicted octanol–water partition coefficient (Wildman–Crippen LogP) is 0.805. The first-order chi connectivity index (χ1) is 5.81. The van der Waals surface area contributed by atoms with Gasteiger partial charge in [0.25, 0.3) is 0 Å². The molecule has 0 rings (SSSR count). The molecule has 4 heteroatoms. The fourth-order valence-electron chi connectivity index (χ4n) is 0.609. The maximum absolute atomic E-state index is 9.18. The molecule has 0 radical (unpaired) electrons. The summed E-state index contributed by atoms with van der Waals surface area (Å²) in [6.07, 6.45) is 1.06. The minimum Gasteiger partial charge on any atom is -0.388 e. The molecule has 12 heavy (non-hydrogen) atoms. The third-order valence-electron chi connectivity index (χ3n) is 1.08. The number of hydrogen-bond acceptors (Lipinski definition) is 3. The van der Waals surface area contributed by atoms with Crippen molar-refractivity contribution in [2.75, 3.05) is 32.3 Å². The molecule has 3 nitrogen and oxygen atoms in total. The van der Waals surface area contributed by atoms with Crippen molar-refractivity contribution in [2.24, 2.45) is 0 Å². The van der Waals surface area contributed by atoms with Crippen molar-refractivity contribution in [1.82, 2.24) is 0 Å². The number of alkyl halides is 1. The number of hydrogen-bond donors (Lipinski definition) is 1. The zero-order chi connectivity index (χ0) is 9.23. The molecule has 0 aromatic rings. The van der Waals surface area contributed by atoms with E-state index in [1.807, 2.05) is 0 Å². The Morgan fingerprint density at radius 3 is 2.67 bits per heavy atom. The van der Waals surface area contributed by atoms with E-state index in [-0.39, 0.29) is 13.2 Å². The van der Waals surface area contributed by atoms with E-state index in [0.29, 0.717) is 19.1 Å². The molecule has 0 saturated carbocycles. The van der Waals surface area contributed by atoms with Crippen molar-refractivity contribution in [3.05, 3.63) is 12.7 Å². The summed E-state index contributed by atoms with van der Waals surface area (Å²) in [6.45, 7) is 4.93. The van der Waals surface area contributed by atoms with Crippen LogP contribution in [0.4, 0.5) is 0 Å². The normalized spacial score (nSPS) is 12.8. The molecule has 0 aliphatic carbocycles. The van der Waals surface area contributed by atoms with Crippen LogP contribution in [0.3, 0.4) is 0 Å². The molecule has 0 aliphatic heterocycles. The average molecular weight is 195 g/mol. The fourth-order valence-corrected chi connectivity index (χ4v) is 0.719. The van der Waals surface area contributed by atoms with Crippen LogP contribution in [-0.4, -0.2) is 43.5 Å². The third kappa shape index (κ3) is 8.01. The molecule has 1 N–H and O–H groups in total. The van der Waals surface area contributed by atoms with E-state index < -0.39 is 6.10 Å². The Hall–Kier alpha value is -0.0900. The number of aliphatic hydroxyl groups excluding tert-OH is 1. The van der Waals surface area contributed by atoms with Crippen molar-refractivity contribution >= 4 is 11.6 Å². The van der Waals surface area contributed by atoms with Crippen molar-refractivity contribution < 1.29 is 14.6 Å².